The Balaban J connectivity index is 1.39. The van der Waals surface area contributed by atoms with Gasteiger partial charge in [-0.1, -0.05) is 36.4 Å². The minimum absolute atomic E-state index is 0.0300. The van der Waals surface area contributed by atoms with Crippen LogP contribution in [0.1, 0.15) is 24.0 Å². The van der Waals surface area contributed by atoms with Gasteiger partial charge in [0.05, 0.1) is 11.1 Å². The number of nitrogens with one attached hydrogen (secondary N) is 1. The SMILES string of the molecule is CN(C)Cc1ccccc1-c1cccc(NC(=O)C2(c3ccc4c(c3)OCO4)CC2)n1. The highest BCUT2D eigenvalue weighted by molar-refractivity contribution is 6.01. The summed E-state index contributed by atoms with van der Waals surface area (Å²) in [6.07, 6.45) is 1.62. The quantitative estimate of drug-likeness (QED) is 0.653. The summed E-state index contributed by atoms with van der Waals surface area (Å²) in [6, 6.07) is 19.8. The minimum atomic E-state index is -0.526. The van der Waals surface area contributed by atoms with Crippen molar-refractivity contribution >= 4 is 11.7 Å². The smallest absolute Gasteiger partial charge is 0.236 e. The van der Waals surface area contributed by atoms with Gasteiger partial charge in [0, 0.05) is 12.1 Å². The molecule has 1 aliphatic carbocycles. The molecule has 2 aliphatic rings. The lowest BCUT2D eigenvalue weighted by Crippen LogP contribution is -2.28. The second kappa shape index (κ2) is 7.71. The third-order valence-electron chi connectivity index (χ3n) is 5.88. The number of hydrogen-bond donors (Lipinski definition) is 1. The Labute approximate surface area is 181 Å². The first-order valence-electron chi connectivity index (χ1n) is 10.5. The summed E-state index contributed by atoms with van der Waals surface area (Å²) in [6.45, 7) is 1.05. The normalized spacial score (nSPS) is 15.7. The van der Waals surface area contributed by atoms with Crippen LogP contribution in [-0.4, -0.2) is 36.7 Å². The number of pyridine rings is 1. The molecule has 31 heavy (non-hydrogen) atoms. The van der Waals surface area contributed by atoms with E-state index >= 15 is 0 Å². The van der Waals surface area contributed by atoms with E-state index in [0.717, 1.165) is 42.0 Å². The summed E-state index contributed by atoms with van der Waals surface area (Å²) in [5.74, 6) is 1.96. The van der Waals surface area contributed by atoms with Gasteiger partial charge in [0.25, 0.3) is 0 Å². The molecule has 5 rings (SSSR count). The van der Waals surface area contributed by atoms with Gasteiger partial charge in [0.15, 0.2) is 11.5 Å². The number of carbonyl (C=O) groups is 1. The zero-order chi connectivity index (χ0) is 21.4. The lowest BCUT2D eigenvalue weighted by Gasteiger charge is -2.17. The molecule has 158 valence electrons. The highest BCUT2D eigenvalue weighted by atomic mass is 16.7. The van der Waals surface area contributed by atoms with E-state index in [1.807, 2.05) is 62.6 Å². The van der Waals surface area contributed by atoms with Crippen LogP contribution in [0.5, 0.6) is 11.5 Å². The summed E-state index contributed by atoms with van der Waals surface area (Å²) in [4.78, 5) is 20.1. The maximum absolute atomic E-state index is 13.2. The predicted molar refractivity (Wildman–Crippen MR) is 119 cm³/mol. The van der Waals surface area contributed by atoms with Crippen molar-refractivity contribution in [3.63, 3.8) is 0 Å². The van der Waals surface area contributed by atoms with Crippen molar-refractivity contribution in [1.82, 2.24) is 9.88 Å². The number of amides is 1. The largest absolute Gasteiger partial charge is 0.454 e. The van der Waals surface area contributed by atoms with Crippen molar-refractivity contribution in [3.05, 3.63) is 71.8 Å². The molecule has 1 saturated carbocycles. The standard InChI is InChI=1S/C25H25N3O3/c1-28(2)15-17-6-3-4-7-19(17)20-8-5-9-23(26-20)27-24(29)25(12-13-25)18-10-11-21-22(14-18)31-16-30-21/h3-11,14H,12-13,15-16H2,1-2H3,(H,26,27,29). The van der Waals surface area contributed by atoms with E-state index in [1.54, 1.807) is 0 Å². The summed E-state index contributed by atoms with van der Waals surface area (Å²) < 4.78 is 10.9. The minimum Gasteiger partial charge on any atom is -0.454 e. The van der Waals surface area contributed by atoms with Crippen molar-refractivity contribution < 1.29 is 14.3 Å². The number of anilines is 1. The van der Waals surface area contributed by atoms with Gasteiger partial charge in [-0.3, -0.25) is 4.79 Å². The number of fused-ring (bicyclic) bond motifs is 1. The molecule has 1 amide bonds. The fourth-order valence-electron chi connectivity index (χ4n) is 4.11. The van der Waals surface area contributed by atoms with Gasteiger partial charge in [-0.2, -0.15) is 0 Å². The molecule has 1 aliphatic heterocycles. The second-order valence-electron chi connectivity index (χ2n) is 8.41. The number of hydrogen-bond acceptors (Lipinski definition) is 5. The Morgan fingerprint density at radius 1 is 1.03 bits per heavy atom. The molecular formula is C25H25N3O3. The lowest BCUT2D eigenvalue weighted by atomic mass is 9.94. The Kier molecular flexibility index (Phi) is 4.87. The van der Waals surface area contributed by atoms with Crippen molar-refractivity contribution in [2.75, 3.05) is 26.2 Å². The molecule has 0 saturated heterocycles. The van der Waals surface area contributed by atoms with Crippen LogP contribution >= 0.6 is 0 Å². The lowest BCUT2D eigenvalue weighted by molar-refractivity contribution is -0.118. The van der Waals surface area contributed by atoms with Crippen LogP contribution < -0.4 is 14.8 Å². The Morgan fingerprint density at radius 3 is 2.65 bits per heavy atom. The molecule has 6 nitrogen and oxygen atoms in total. The van der Waals surface area contributed by atoms with Crippen molar-refractivity contribution in [2.24, 2.45) is 0 Å². The molecule has 6 heteroatoms. The third-order valence-corrected chi connectivity index (χ3v) is 5.88. The number of carbonyl (C=O) groups excluding carboxylic acids is 1. The first kappa shape index (κ1) is 19.6. The van der Waals surface area contributed by atoms with Crippen LogP contribution in [0.3, 0.4) is 0 Å². The molecule has 0 atom stereocenters. The first-order chi connectivity index (χ1) is 15.0. The maximum Gasteiger partial charge on any atom is 0.236 e. The highest BCUT2D eigenvalue weighted by Crippen LogP contribution is 2.51. The van der Waals surface area contributed by atoms with Gasteiger partial charge in [-0.15, -0.1) is 0 Å². The van der Waals surface area contributed by atoms with Crippen molar-refractivity contribution in [3.8, 4) is 22.8 Å². The van der Waals surface area contributed by atoms with Crippen LogP contribution in [-0.2, 0) is 16.8 Å². The van der Waals surface area contributed by atoms with Crippen LogP contribution in [0, 0.1) is 0 Å². The van der Waals surface area contributed by atoms with E-state index in [-0.39, 0.29) is 12.7 Å². The fraction of sp³-hybridized carbons (Fsp3) is 0.280. The van der Waals surface area contributed by atoms with E-state index in [1.165, 1.54) is 5.56 Å². The molecule has 2 heterocycles. The first-order valence-corrected chi connectivity index (χ1v) is 10.5. The number of rotatable bonds is 6. The highest BCUT2D eigenvalue weighted by Gasteiger charge is 2.51. The molecule has 2 aromatic carbocycles. The van der Waals surface area contributed by atoms with Gasteiger partial charge in [0.2, 0.25) is 12.7 Å². The molecule has 3 aromatic rings. The summed E-state index contributed by atoms with van der Waals surface area (Å²) >= 11 is 0. The zero-order valence-corrected chi connectivity index (χ0v) is 17.7. The third kappa shape index (κ3) is 3.75. The Bertz CT molecular complexity index is 1140. The van der Waals surface area contributed by atoms with Crippen molar-refractivity contribution in [2.45, 2.75) is 24.8 Å². The Hall–Kier alpha value is -3.38. The number of aromatic nitrogens is 1. The molecule has 1 N–H and O–H groups in total. The maximum atomic E-state index is 13.2. The zero-order valence-electron chi connectivity index (χ0n) is 17.7. The van der Waals surface area contributed by atoms with Gasteiger partial charge in [-0.25, -0.2) is 4.98 Å². The van der Waals surface area contributed by atoms with Crippen LogP contribution in [0.4, 0.5) is 5.82 Å². The van der Waals surface area contributed by atoms with E-state index < -0.39 is 5.41 Å². The Morgan fingerprint density at radius 2 is 1.84 bits per heavy atom. The molecule has 0 radical (unpaired) electrons. The fourth-order valence-corrected chi connectivity index (χ4v) is 4.11. The molecular weight excluding hydrogens is 390 g/mol. The number of ether oxygens (including phenoxy) is 2. The number of benzene rings is 2. The van der Waals surface area contributed by atoms with E-state index in [4.69, 9.17) is 14.5 Å². The van der Waals surface area contributed by atoms with E-state index in [2.05, 4.69) is 22.3 Å². The summed E-state index contributed by atoms with van der Waals surface area (Å²) in [7, 11) is 4.10. The van der Waals surface area contributed by atoms with E-state index in [0.29, 0.717) is 11.6 Å². The average molecular weight is 415 g/mol. The average Bonchev–Trinajstić information content (AvgIpc) is 3.45. The van der Waals surface area contributed by atoms with Crippen LogP contribution in [0.15, 0.2) is 60.7 Å². The molecule has 0 bridgehead atoms. The van der Waals surface area contributed by atoms with Crippen LogP contribution in [0.25, 0.3) is 11.3 Å². The van der Waals surface area contributed by atoms with E-state index in [9.17, 15) is 4.79 Å². The van der Waals surface area contributed by atoms with Gasteiger partial charge >= 0.3 is 0 Å². The molecule has 1 fully saturated rings. The topological polar surface area (TPSA) is 63.7 Å². The van der Waals surface area contributed by atoms with Gasteiger partial charge in [-0.05, 0) is 62.3 Å². The molecule has 1 aromatic heterocycles. The summed E-state index contributed by atoms with van der Waals surface area (Å²) in [5, 5.41) is 3.05. The molecule has 0 spiro atoms. The van der Waals surface area contributed by atoms with Crippen LogP contribution in [0.2, 0.25) is 0 Å². The number of nitrogens with zero attached hydrogens (tertiary/aromatic N) is 2. The van der Waals surface area contributed by atoms with Gasteiger partial charge in [0.1, 0.15) is 5.82 Å². The predicted octanol–water partition coefficient (Wildman–Crippen LogP) is 4.21. The second-order valence-corrected chi connectivity index (χ2v) is 8.41. The summed E-state index contributed by atoms with van der Waals surface area (Å²) in [5.41, 5.74) is 3.55. The van der Waals surface area contributed by atoms with Gasteiger partial charge < -0.3 is 19.7 Å². The van der Waals surface area contributed by atoms with Crippen molar-refractivity contribution in [1.29, 1.82) is 0 Å². The monoisotopic (exact) mass is 415 g/mol. The molecule has 0 unspecified atom stereocenters.